The summed E-state index contributed by atoms with van der Waals surface area (Å²) in [6.45, 7) is 13.7. The van der Waals surface area contributed by atoms with Gasteiger partial charge in [-0.1, -0.05) is 64.1 Å². The summed E-state index contributed by atoms with van der Waals surface area (Å²) in [4.78, 5) is 52.0. The van der Waals surface area contributed by atoms with Gasteiger partial charge in [-0.3, -0.25) is 9.97 Å². The van der Waals surface area contributed by atoms with Crippen molar-refractivity contribution in [1.29, 1.82) is 0 Å². The van der Waals surface area contributed by atoms with Gasteiger partial charge in [-0.05, 0) is 143 Å². The van der Waals surface area contributed by atoms with Crippen LogP contribution in [0.25, 0.3) is 33.9 Å². The fraction of sp³-hybridized carbons (Fsp3) is 0.342. The van der Waals surface area contributed by atoms with Gasteiger partial charge < -0.3 is 40.0 Å². The lowest BCUT2D eigenvalue weighted by atomic mass is 9.84. The summed E-state index contributed by atoms with van der Waals surface area (Å²) < 4.78 is 129. The lowest BCUT2D eigenvalue weighted by Gasteiger charge is -2.37. The molecule has 112 heavy (non-hydrogen) atoms. The molecular formula is C76H80F8N22O6. The molecule has 0 amide bonds. The zero-order valence-electron chi connectivity index (χ0n) is 61.6. The van der Waals surface area contributed by atoms with Crippen molar-refractivity contribution in [2.45, 2.75) is 102 Å². The number of alkyl halides is 4. The second kappa shape index (κ2) is 33.7. The molecule has 0 saturated carbocycles. The Morgan fingerprint density at radius 2 is 0.795 bits per heavy atom. The van der Waals surface area contributed by atoms with Gasteiger partial charge in [0, 0.05) is 118 Å². The molecule has 2 fully saturated rings. The number of aliphatic hydroxyl groups is 4. The van der Waals surface area contributed by atoms with E-state index in [0.717, 1.165) is 140 Å². The highest BCUT2D eigenvalue weighted by Gasteiger charge is 2.59. The van der Waals surface area contributed by atoms with E-state index < -0.39 is 94.1 Å². The van der Waals surface area contributed by atoms with Gasteiger partial charge in [-0.15, -0.1) is 10.2 Å². The van der Waals surface area contributed by atoms with E-state index >= 15 is 17.6 Å². The number of anilines is 4. The van der Waals surface area contributed by atoms with Crippen LogP contribution in [0.1, 0.15) is 82.1 Å². The van der Waals surface area contributed by atoms with Gasteiger partial charge in [-0.2, -0.15) is 27.8 Å². The zero-order chi connectivity index (χ0) is 79.8. The molecule has 5 atom stereocenters. The first kappa shape index (κ1) is 79.5. The number of rotatable bonds is 24. The van der Waals surface area contributed by atoms with Crippen molar-refractivity contribution in [3.63, 3.8) is 0 Å². The molecule has 2 aliphatic rings. The van der Waals surface area contributed by atoms with Crippen molar-refractivity contribution in [2.24, 2.45) is 5.92 Å². The fourth-order valence-corrected chi connectivity index (χ4v) is 13.9. The Bertz CT molecular complexity index is 4880. The smallest absolute Gasteiger partial charge is 0.351 e. The second-order valence-electron chi connectivity index (χ2n) is 27.2. The molecule has 0 bridgehead atoms. The summed E-state index contributed by atoms with van der Waals surface area (Å²) in [6.07, 6.45) is 11.5. The predicted molar refractivity (Wildman–Crippen MR) is 397 cm³/mol. The minimum Gasteiger partial charge on any atom is -0.400 e. The molecule has 28 nitrogen and oxygen atoms in total. The van der Waals surface area contributed by atoms with Crippen LogP contribution in [0.5, 0.6) is 0 Å². The lowest BCUT2D eigenvalue weighted by Crippen LogP contribution is -2.48. The minimum absolute atomic E-state index is 0.0140. The molecule has 0 unspecified atom stereocenters. The maximum Gasteiger partial charge on any atom is 0.351 e. The monoisotopic (exact) mass is 1550 g/mol. The Morgan fingerprint density at radius 1 is 0.438 bits per heavy atom. The number of benzene rings is 4. The minimum atomic E-state index is -4.16. The highest BCUT2D eigenvalue weighted by atomic mass is 19.3. The van der Waals surface area contributed by atoms with Crippen molar-refractivity contribution in [3.05, 3.63) is 250 Å². The summed E-state index contributed by atoms with van der Waals surface area (Å²) in [7, 11) is 1.00. The third kappa shape index (κ3) is 16.3. The molecule has 2 aliphatic heterocycles. The summed E-state index contributed by atoms with van der Waals surface area (Å²) in [6, 6.07) is 31.2. The number of nitrogens with zero attached hydrogens (tertiary/aromatic N) is 22. The van der Waals surface area contributed by atoms with Gasteiger partial charge in [0.2, 0.25) is 0 Å². The third-order valence-corrected chi connectivity index (χ3v) is 20.1. The average molecular weight is 1550 g/mol. The van der Waals surface area contributed by atoms with E-state index in [-0.39, 0.29) is 23.3 Å². The van der Waals surface area contributed by atoms with Crippen LogP contribution in [0.4, 0.5) is 57.9 Å². The van der Waals surface area contributed by atoms with Crippen LogP contribution in [0, 0.1) is 29.2 Å². The van der Waals surface area contributed by atoms with E-state index in [9.17, 15) is 42.5 Å². The number of hydrogen-bond acceptors (Lipinski definition) is 22. The molecule has 0 spiro atoms. The first-order valence-corrected chi connectivity index (χ1v) is 35.8. The van der Waals surface area contributed by atoms with E-state index in [4.69, 9.17) is 5.11 Å². The number of halogens is 8. The van der Waals surface area contributed by atoms with E-state index in [1.54, 1.807) is 25.4 Å². The molecule has 12 aromatic rings. The number of aliphatic hydroxyl groups excluding tert-OH is 2. The van der Waals surface area contributed by atoms with Gasteiger partial charge in [-0.25, -0.2) is 65.0 Å². The van der Waals surface area contributed by atoms with Crippen molar-refractivity contribution in [1.82, 2.24) is 89.0 Å². The van der Waals surface area contributed by atoms with Crippen LogP contribution in [-0.4, -0.2) is 175 Å². The molecule has 8 aromatic heterocycles. The van der Waals surface area contributed by atoms with Gasteiger partial charge >= 0.3 is 23.2 Å². The quantitative estimate of drug-likeness (QED) is 0.0410. The molecule has 2 saturated heterocycles. The molecular weight excluding hydrogens is 1470 g/mol. The average Bonchev–Trinajstić information content (AvgIpc) is 1.09. The highest BCUT2D eigenvalue weighted by Crippen LogP contribution is 2.49. The number of piperazine rings is 2. The van der Waals surface area contributed by atoms with Gasteiger partial charge in [0.1, 0.15) is 71.6 Å². The maximum atomic E-state index is 16.2. The summed E-state index contributed by atoms with van der Waals surface area (Å²) in [5.41, 5.74) is -4.04. The number of hydrogen-bond donors (Lipinski definition) is 4. The van der Waals surface area contributed by atoms with E-state index in [1.807, 2.05) is 80.6 Å². The second-order valence-corrected chi connectivity index (χ2v) is 27.2. The van der Waals surface area contributed by atoms with Crippen molar-refractivity contribution >= 4 is 22.7 Å². The topological polar surface area (TPSA) is 312 Å². The summed E-state index contributed by atoms with van der Waals surface area (Å²) >= 11 is 0. The van der Waals surface area contributed by atoms with E-state index in [0.29, 0.717) is 60.0 Å². The molecule has 586 valence electrons. The number of aromatic nitrogens is 18. The predicted octanol–water partition coefficient (Wildman–Crippen LogP) is 9.07. The van der Waals surface area contributed by atoms with Crippen LogP contribution in [-0.2, 0) is 36.1 Å². The van der Waals surface area contributed by atoms with Crippen molar-refractivity contribution in [2.75, 3.05) is 79.1 Å². The molecule has 4 N–H and O–H groups in total. The number of pyridine rings is 4. The maximum absolute atomic E-state index is 16.2. The summed E-state index contributed by atoms with van der Waals surface area (Å²) in [5, 5.41) is 69.1. The van der Waals surface area contributed by atoms with Crippen molar-refractivity contribution in [3.8, 4) is 33.9 Å². The molecule has 4 aromatic carbocycles. The van der Waals surface area contributed by atoms with E-state index in [1.165, 1.54) is 55.7 Å². The first-order chi connectivity index (χ1) is 53.8. The van der Waals surface area contributed by atoms with E-state index in [2.05, 4.69) is 94.6 Å². The molecule has 0 aliphatic carbocycles. The van der Waals surface area contributed by atoms with Crippen LogP contribution >= 0.6 is 0 Å². The van der Waals surface area contributed by atoms with Crippen LogP contribution < -0.4 is 31.0 Å². The normalized spacial score (nSPS) is 15.4. The van der Waals surface area contributed by atoms with Crippen molar-refractivity contribution < 1.29 is 55.5 Å². The fourth-order valence-electron chi connectivity index (χ4n) is 13.9. The van der Waals surface area contributed by atoms with Gasteiger partial charge in [0.25, 0.3) is 0 Å². The molecule has 10 heterocycles. The largest absolute Gasteiger partial charge is 0.400 e. The Morgan fingerprint density at radius 3 is 1.10 bits per heavy atom. The van der Waals surface area contributed by atoms with Gasteiger partial charge in [0.15, 0.2) is 11.2 Å². The third-order valence-electron chi connectivity index (χ3n) is 20.1. The standard InChI is InChI=1S/C38H39F4N11O2.C37H37F4N11O3.CH4O/c1-4-33(25(2)3)53-36(54)52(24-46-53)35-14-11-30(21-44-35)50-17-15-49(16-18-50)29-9-5-26(6-10-29)27-7-13-34(43-20-27)38(41,42)37(55,22-51-23-45-47-48-51)31-12-8-28(39)19-32(31)40;1-3-32(24(2)53)52-35(54)51(23-45-52)34-13-10-29(20-43-34)49-16-14-48(15-17-49)28-8-4-25(5-9-28)26-6-12-33(42-19-26)37(40,41)36(55,21-50-22-44-46-47-50)30-11-7-27(38)18-31(30)39;1-2/h5-14,19-21,23-25,33,55H,4,15-18,22H2,1-3H3;4-13,18-20,22-24,32,53,55H,3,14-17,21H2,1-2H3;2H,1H3/t33-,37-;24-,32-,36-;/m00./s1. The Kier molecular flexibility index (Phi) is 23.9. The van der Waals surface area contributed by atoms with Crippen LogP contribution in [0.15, 0.2) is 193 Å². The number of tetrazole rings is 2. The Labute approximate surface area is 635 Å². The Balaban J connectivity index is 0.000000203. The lowest BCUT2D eigenvalue weighted by molar-refractivity contribution is -0.207. The highest BCUT2D eigenvalue weighted by molar-refractivity contribution is 5.68. The SMILES string of the molecule is CC[C@@H](C(C)C)n1ncn(-c2ccc(N3CCN(c4ccc(-c5ccc(C(F)(F)[C@](O)(Cn6cnnn6)c6ccc(F)cc6F)nc5)cc4)CC3)cn2)c1=O.CC[C@@H]([C@H](C)O)n1ncn(-c2ccc(N3CCN(c4ccc(-c5ccc(C(F)(F)[C@](O)(Cn6cnnn6)c6ccc(F)cc6F)nc5)cc4)CC3)cn2)c1=O.CO. The van der Waals surface area contributed by atoms with Crippen LogP contribution in [0.3, 0.4) is 0 Å². The first-order valence-electron chi connectivity index (χ1n) is 35.8. The molecule has 0 radical (unpaired) electrons. The molecule has 36 heteroatoms. The van der Waals surface area contributed by atoms with Crippen LogP contribution in [0.2, 0.25) is 0 Å². The van der Waals surface area contributed by atoms with Gasteiger partial charge in [0.05, 0.1) is 55.0 Å². The summed E-state index contributed by atoms with van der Waals surface area (Å²) in [5.74, 6) is -11.8. The molecule has 14 rings (SSSR count). The zero-order valence-corrected chi connectivity index (χ0v) is 61.6. The Hall–Kier alpha value is -12.0.